The van der Waals surface area contributed by atoms with Gasteiger partial charge in [0.2, 0.25) is 0 Å². The predicted octanol–water partition coefficient (Wildman–Crippen LogP) is 9.94. The second kappa shape index (κ2) is 33.1. The topological polar surface area (TPSA) is 111 Å². The predicted molar refractivity (Wildman–Crippen MR) is 204 cm³/mol. The molecular weight excluding hydrogens is 653 g/mol. The first-order chi connectivity index (χ1) is 24.0. The lowest BCUT2D eigenvalue weighted by Crippen LogP contribution is -2.37. The highest BCUT2D eigenvalue weighted by molar-refractivity contribution is 7.45. The molecule has 0 radical (unpaired) electrons. The van der Waals surface area contributed by atoms with Gasteiger partial charge < -0.3 is 27.9 Å². The van der Waals surface area contributed by atoms with E-state index in [2.05, 4.69) is 50.3 Å². The summed E-state index contributed by atoms with van der Waals surface area (Å²) in [6.45, 7) is 4.12. The van der Waals surface area contributed by atoms with Crippen LogP contribution in [0.25, 0.3) is 0 Å². The van der Waals surface area contributed by atoms with Crippen LogP contribution in [0, 0.1) is 0 Å². The van der Waals surface area contributed by atoms with Gasteiger partial charge in [-0.1, -0.05) is 121 Å². The molecule has 0 aromatic rings. The summed E-state index contributed by atoms with van der Waals surface area (Å²) < 4.78 is 33.7. The van der Waals surface area contributed by atoms with Gasteiger partial charge in [0, 0.05) is 12.8 Å². The average molecular weight is 728 g/mol. The van der Waals surface area contributed by atoms with E-state index < -0.39 is 32.5 Å². The van der Waals surface area contributed by atoms with Gasteiger partial charge in [-0.15, -0.1) is 0 Å². The minimum atomic E-state index is -4.62. The van der Waals surface area contributed by atoms with E-state index in [0.717, 1.165) is 77.0 Å². The van der Waals surface area contributed by atoms with Crippen molar-refractivity contribution < 1.29 is 42.1 Å². The zero-order valence-electron chi connectivity index (χ0n) is 32.6. The van der Waals surface area contributed by atoms with Crippen molar-refractivity contribution in [3.63, 3.8) is 0 Å². The fourth-order valence-corrected chi connectivity index (χ4v) is 5.71. The van der Waals surface area contributed by atoms with Crippen molar-refractivity contribution >= 4 is 19.8 Å². The van der Waals surface area contributed by atoms with Crippen LogP contribution in [0.5, 0.6) is 0 Å². The van der Waals surface area contributed by atoms with Crippen molar-refractivity contribution in [2.24, 2.45) is 0 Å². The summed E-state index contributed by atoms with van der Waals surface area (Å²) in [4.78, 5) is 37.3. The van der Waals surface area contributed by atoms with Crippen molar-refractivity contribution in [3.8, 4) is 0 Å². The Hall–Kier alpha value is -1.77. The molecule has 0 saturated carbocycles. The Labute approximate surface area is 306 Å². The number of nitrogens with zero attached hydrogens (tertiary/aromatic N) is 1. The summed E-state index contributed by atoms with van der Waals surface area (Å²) in [5.41, 5.74) is 0. The summed E-state index contributed by atoms with van der Waals surface area (Å²) in [5.74, 6) is -0.867. The first-order valence-electron chi connectivity index (χ1n) is 19.7. The van der Waals surface area contributed by atoms with Crippen LogP contribution in [0.15, 0.2) is 36.5 Å². The second-order valence-electron chi connectivity index (χ2n) is 14.3. The number of allylic oxidation sites excluding steroid dienone is 6. The van der Waals surface area contributed by atoms with Gasteiger partial charge in [-0.25, -0.2) is 0 Å². The number of phosphoric acid groups is 1. The zero-order chi connectivity index (χ0) is 37.2. The highest BCUT2D eigenvalue weighted by Gasteiger charge is 2.21. The molecule has 9 nitrogen and oxygen atoms in total. The number of carbonyl (C=O) groups is 2. The van der Waals surface area contributed by atoms with E-state index in [9.17, 15) is 19.0 Å². The van der Waals surface area contributed by atoms with Gasteiger partial charge in [-0.05, 0) is 57.8 Å². The van der Waals surface area contributed by atoms with Crippen LogP contribution in [-0.2, 0) is 32.7 Å². The number of ether oxygens (including phenoxy) is 2. The highest BCUT2D eigenvalue weighted by atomic mass is 31.2. The van der Waals surface area contributed by atoms with Gasteiger partial charge in [0.15, 0.2) is 6.10 Å². The van der Waals surface area contributed by atoms with Crippen LogP contribution in [0.3, 0.4) is 0 Å². The van der Waals surface area contributed by atoms with E-state index in [0.29, 0.717) is 23.9 Å². The minimum absolute atomic E-state index is 0.0358. The smallest absolute Gasteiger partial charge is 0.306 e. The first kappa shape index (κ1) is 48.2. The van der Waals surface area contributed by atoms with Crippen LogP contribution in [0.2, 0.25) is 0 Å². The molecule has 0 N–H and O–H groups in total. The van der Waals surface area contributed by atoms with Gasteiger partial charge in [-0.2, -0.15) is 0 Å². The van der Waals surface area contributed by atoms with Crippen LogP contribution in [0.1, 0.15) is 155 Å². The minimum Gasteiger partial charge on any atom is -0.756 e. The fraction of sp³-hybridized carbons (Fsp3) is 0.800. The largest absolute Gasteiger partial charge is 0.756 e. The monoisotopic (exact) mass is 728 g/mol. The quantitative estimate of drug-likeness (QED) is 0.0158. The fourth-order valence-electron chi connectivity index (χ4n) is 4.98. The number of unbranched alkanes of at least 4 members (excludes halogenated alkanes) is 16. The summed E-state index contributed by atoms with van der Waals surface area (Å²) in [5, 5.41) is 0. The molecule has 50 heavy (non-hydrogen) atoms. The molecule has 0 aliphatic heterocycles. The molecule has 0 rings (SSSR count). The molecule has 10 heteroatoms. The molecule has 0 saturated heterocycles. The number of hydrogen-bond donors (Lipinski definition) is 0. The van der Waals surface area contributed by atoms with Crippen LogP contribution < -0.4 is 4.89 Å². The number of rotatable bonds is 35. The molecule has 0 aromatic carbocycles. The second-order valence-corrected chi connectivity index (χ2v) is 15.7. The van der Waals surface area contributed by atoms with Crippen molar-refractivity contribution in [2.45, 2.75) is 161 Å². The maximum atomic E-state index is 12.6. The number of likely N-dealkylation sites (N-methyl/N-ethyl adjacent to an activating group) is 1. The van der Waals surface area contributed by atoms with E-state index in [1.165, 1.54) is 38.5 Å². The number of hydrogen-bond acceptors (Lipinski definition) is 8. The van der Waals surface area contributed by atoms with Gasteiger partial charge in [0.25, 0.3) is 7.82 Å². The molecule has 0 aliphatic rings. The Morgan fingerprint density at radius 2 is 1.10 bits per heavy atom. The molecule has 0 fully saturated rings. The molecule has 2 atom stereocenters. The van der Waals surface area contributed by atoms with Crippen LogP contribution in [0.4, 0.5) is 0 Å². The summed E-state index contributed by atoms with van der Waals surface area (Å²) in [7, 11) is 1.14. The Morgan fingerprint density at radius 1 is 0.620 bits per heavy atom. The normalized spacial score (nSPS) is 14.1. The summed E-state index contributed by atoms with van der Waals surface area (Å²) >= 11 is 0. The Morgan fingerprint density at radius 3 is 1.66 bits per heavy atom. The number of esters is 2. The van der Waals surface area contributed by atoms with Gasteiger partial charge >= 0.3 is 11.9 Å². The third kappa shape index (κ3) is 36.0. The molecule has 292 valence electrons. The van der Waals surface area contributed by atoms with Crippen molar-refractivity contribution in [2.75, 3.05) is 47.5 Å². The van der Waals surface area contributed by atoms with Crippen LogP contribution in [-0.4, -0.2) is 70.0 Å². The van der Waals surface area contributed by atoms with Crippen molar-refractivity contribution in [1.29, 1.82) is 0 Å². The van der Waals surface area contributed by atoms with Crippen molar-refractivity contribution in [1.82, 2.24) is 0 Å². The third-order valence-electron chi connectivity index (χ3n) is 8.16. The zero-order valence-corrected chi connectivity index (χ0v) is 33.5. The van der Waals surface area contributed by atoms with E-state index in [1.54, 1.807) is 0 Å². The molecule has 0 aliphatic carbocycles. The van der Waals surface area contributed by atoms with E-state index in [1.807, 2.05) is 21.1 Å². The lowest BCUT2D eigenvalue weighted by atomic mass is 10.1. The number of phosphoric ester groups is 1. The molecular formula is C40H74NO8P. The molecule has 0 aromatic heterocycles. The highest BCUT2D eigenvalue weighted by Crippen LogP contribution is 2.38. The standard InChI is InChI=1S/C40H74NO8P/c1-6-8-10-12-14-16-18-19-20-21-23-25-27-29-31-33-40(43)49-38(37-48-50(44,45)47-35-34-41(3,4)5)36-46-39(42)32-30-28-26-24-22-17-15-13-11-9-7-2/h13,15-16,18-20,38H,6-12,14,17,21-37H2,1-5H3/b15-13+,18-16+,20-19+/t38-/m1/s1. The third-order valence-corrected chi connectivity index (χ3v) is 9.12. The van der Waals surface area contributed by atoms with Crippen LogP contribution >= 0.6 is 7.82 Å². The average Bonchev–Trinajstić information content (AvgIpc) is 3.06. The number of quaternary nitrogens is 1. The molecule has 0 amide bonds. The maximum absolute atomic E-state index is 12.6. The van der Waals surface area contributed by atoms with Crippen molar-refractivity contribution in [3.05, 3.63) is 36.5 Å². The summed E-state index contributed by atoms with van der Waals surface area (Å²) in [6, 6.07) is 0. The molecule has 0 bridgehead atoms. The van der Waals surface area contributed by atoms with Gasteiger partial charge in [-0.3, -0.25) is 14.2 Å². The van der Waals surface area contributed by atoms with Gasteiger partial charge in [0.1, 0.15) is 19.8 Å². The molecule has 0 spiro atoms. The Balaban J connectivity index is 4.47. The molecule has 0 heterocycles. The SMILES string of the molecule is CCCC/C=C/CCCCCCCC(=O)OC[C@H](COP(=O)([O-])OCC[N+](C)(C)C)OC(=O)CCCCCCC/C=C/C=C/CCCCCC. The maximum Gasteiger partial charge on any atom is 0.306 e. The lowest BCUT2D eigenvalue weighted by Gasteiger charge is -2.28. The van der Waals surface area contributed by atoms with E-state index in [4.69, 9.17) is 18.5 Å². The Bertz CT molecular complexity index is 959. The molecule has 1 unspecified atom stereocenters. The van der Waals surface area contributed by atoms with Gasteiger partial charge in [0.05, 0.1) is 27.7 Å². The lowest BCUT2D eigenvalue weighted by molar-refractivity contribution is -0.870. The van der Waals surface area contributed by atoms with E-state index >= 15 is 0 Å². The Kier molecular flexibility index (Phi) is 31.9. The van der Waals surface area contributed by atoms with E-state index in [-0.39, 0.29) is 26.1 Å². The first-order valence-corrected chi connectivity index (χ1v) is 21.2. The number of carbonyl (C=O) groups excluding carboxylic acids is 2. The summed E-state index contributed by atoms with van der Waals surface area (Å²) in [6.07, 6.45) is 34.5.